The summed E-state index contributed by atoms with van der Waals surface area (Å²) in [5.74, 6) is -0.0532. The van der Waals surface area contributed by atoms with E-state index in [2.05, 4.69) is 5.32 Å². The Morgan fingerprint density at radius 2 is 1.79 bits per heavy atom. The topological polar surface area (TPSA) is 66.5 Å². The highest BCUT2D eigenvalue weighted by molar-refractivity contribution is 7.89. The highest BCUT2D eigenvalue weighted by Gasteiger charge is 2.25. The minimum absolute atomic E-state index is 0.0532. The third kappa shape index (κ3) is 5.81. The quantitative estimate of drug-likeness (QED) is 0.705. The molecule has 1 heterocycles. The van der Waals surface area contributed by atoms with E-state index in [-0.39, 0.29) is 11.9 Å². The van der Waals surface area contributed by atoms with Crippen LogP contribution in [-0.2, 0) is 21.2 Å². The maximum atomic E-state index is 12.7. The summed E-state index contributed by atoms with van der Waals surface area (Å²) in [5.41, 5.74) is 1.89. The summed E-state index contributed by atoms with van der Waals surface area (Å²) in [4.78, 5) is 12.6. The largest absolute Gasteiger partial charge is 0.350 e. The summed E-state index contributed by atoms with van der Waals surface area (Å²) in [6.07, 6.45) is 3.81. The number of sulfonamides is 1. The molecular formula is C22H27ClN2O3S. The van der Waals surface area contributed by atoms with E-state index in [1.54, 1.807) is 34.6 Å². The van der Waals surface area contributed by atoms with E-state index < -0.39 is 10.0 Å². The highest BCUT2D eigenvalue weighted by atomic mass is 35.5. The summed E-state index contributed by atoms with van der Waals surface area (Å²) in [6.45, 7) is 3.11. The van der Waals surface area contributed by atoms with Crippen LogP contribution in [0.25, 0.3) is 0 Å². The standard InChI is InChI=1S/C22H27ClN2O3S/c1-17(19-6-5-7-20(23)16-19)24-22(26)13-10-18-8-11-21(12-9-18)29(27,28)25-14-3-2-4-15-25/h5-9,11-12,16-17H,2-4,10,13-15H2,1H3,(H,24,26). The maximum Gasteiger partial charge on any atom is 0.243 e. The van der Waals surface area contributed by atoms with Gasteiger partial charge in [-0.1, -0.05) is 42.3 Å². The zero-order valence-electron chi connectivity index (χ0n) is 16.6. The number of carbonyl (C=O) groups excluding carboxylic acids is 1. The van der Waals surface area contributed by atoms with Crippen LogP contribution in [-0.4, -0.2) is 31.7 Å². The fraction of sp³-hybridized carbons (Fsp3) is 0.409. The monoisotopic (exact) mass is 434 g/mol. The van der Waals surface area contributed by atoms with Crippen LogP contribution in [0.3, 0.4) is 0 Å². The van der Waals surface area contributed by atoms with Crippen LogP contribution in [0.5, 0.6) is 0 Å². The van der Waals surface area contributed by atoms with Gasteiger partial charge < -0.3 is 5.32 Å². The van der Waals surface area contributed by atoms with Crippen LogP contribution in [0.4, 0.5) is 0 Å². The Kier molecular flexibility index (Phi) is 7.33. The van der Waals surface area contributed by atoms with Gasteiger partial charge in [0.2, 0.25) is 15.9 Å². The number of carbonyl (C=O) groups is 1. The number of hydrogen-bond acceptors (Lipinski definition) is 3. The Morgan fingerprint density at radius 3 is 2.45 bits per heavy atom. The van der Waals surface area contributed by atoms with Crippen molar-refractivity contribution in [3.05, 3.63) is 64.7 Å². The summed E-state index contributed by atoms with van der Waals surface area (Å²) >= 11 is 6.00. The Labute approximate surface area is 178 Å². The maximum absolute atomic E-state index is 12.7. The summed E-state index contributed by atoms with van der Waals surface area (Å²) in [7, 11) is -3.42. The van der Waals surface area contributed by atoms with Gasteiger partial charge in [-0.05, 0) is 61.6 Å². The lowest BCUT2D eigenvalue weighted by Crippen LogP contribution is -2.35. The van der Waals surface area contributed by atoms with Gasteiger partial charge in [-0.25, -0.2) is 8.42 Å². The number of nitrogens with zero attached hydrogens (tertiary/aromatic N) is 1. The molecular weight excluding hydrogens is 408 g/mol. The number of halogens is 1. The molecule has 3 rings (SSSR count). The third-order valence-electron chi connectivity index (χ3n) is 5.24. The molecule has 1 aliphatic heterocycles. The average Bonchev–Trinajstić information content (AvgIpc) is 2.73. The molecule has 0 saturated carbocycles. The molecule has 7 heteroatoms. The number of rotatable bonds is 7. The van der Waals surface area contributed by atoms with E-state index in [0.717, 1.165) is 30.4 Å². The second-order valence-corrected chi connectivity index (χ2v) is 9.83. The summed E-state index contributed by atoms with van der Waals surface area (Å²) in [5, 5.41) is 3.61. The van der Waals surface area contributed by atoms with Gasteiger partial charge in [-0.2, -0.15) is 4.31 Å². The molecule has 1 atom stereocenters. The van der Waals surface area contributed by atoms with E-state index in [4.69, 9.17) is 11.6 Å². The van der Waals surface area contributed by atoms with Gasteiger partial charge in [-0.15, -0.1) is 0 Å². The van der Waals surface area contributed by atoms with Crippen LogP contribution < -0.4 is 5.32 Å². The summed E-state index contributed by atoms with van der Waals surface area (Å²) in [6, 6.07) is 14.2. The molecule has 1 saturated heterocycles. The fourth-order valence-electron chi connectivity index (χ4n) is 3.51. The highest BCUT2D eigenvalue weighted by Crippen LogP contribution is 2.21. The zero-order chi connectivity index (χ0) is 20.9. The predicted octanol–water partition coefficient (Wildman–Crippen LogP) is 4.32. The first-order valence-electron chi connectivity index (χ1n) is 10.0. The molecule has 0 radical (unpaired) electrons. The number of piperidine rings is 1. The number of amides is 1. The molecule has 1 fully saturated rings. The molecule has 2 aromatic carbocycles. The Bertz CT molecular complexity index is 939. The Balaban J connectivity index is 1.54. The molecule has 1 N–H and O–H groups in total. The first-order valence-corrected chi connectivity index (χ1v) is 11.8. The number of hydrogen-bond donors (Lipinski definition) is 1. The second-order valence-electron chi connectivity index (χ2n) is 7.45. The molecule has 1 unspecified atom stereocenters. The lowest BCUT2D eigenvalue weighted by molar-refractivity contribution is -0.121. The Morgan fingerprint density at radius 1 is 1.10 bits per heavy atom. The normalized spacial score (nSPS) is 16.3. The molecule has 0 aromatic heterocycles. The van der Waals surface area contributed by atoms with Crippen molar-refractivity contribution in [2.75, 3.05) is 13.1 Å². The van der Waals surface area contributed by atoms with E-state index in [1.807, 2.05) is 25.1 Å². The first-order chi connectivity index (χ1) is 13.9. The van der Waals surface area contributed by atoms with Gasteiger partial charge in [0.15, 0.2) is 0 Å². The van der Waals surface area contributed by atoms with Crippen molar-refractivity contribution in [1.29, 1.82) is 0 Å². The first kappa shape index (κ1) is 21.8. The molecule has 1 aliphatic rings. The second kappa shape index (κ2) is 9.74. The van der Waals surface area contributed by atoms with Crippen molar-refractivity contribution < 1.29 is 13.2 Å². The van der Waals surface area contributed by atoms with E-state index in [9.17, 15) is 13.2 Å². The van der Waals surface area contributed by atoms with Crippen molar-refractivity contribution >= 4 is 27.5 Å². The van der Waals surface area contributed by atoms with Crippen molar-refractivity contribution in [3.8, 4) is 0 Å². The third-order valence-corrected chi connectivity index (χ3v) is 7.39. The van der Waals surface area contributed by atoms with E-state index in [1.165, 1.54) is 0 Å². The smallest absolute Gasteiger partial charge is 0.243 e. The number of nitrogens with one attached hydrogen (secondary N) is 1. The molecule has 156 valence electrons. The van der Waals surface area contributed by atoms with Crippen LogP contribution in [0, 0.1) is 0 Å². The van der Waals surface area contributed by atoms with Crippen molar-refractivity contribution in [1.82, 2.24) is 9.62 Å². The minimum atomic E-state index is -3.42. The molecule has 0 aliphatic carbocycles. The van der Waals surface area contributed by atoms with Crippen LogP contribution in [0.2, 0.25) is 5.02 Å². The van der Waals surface area contributed by atoms with Gasteiger partial charge >= 0.3 is 0 Å². The molecule has 29 heavy (non-hydrogen) atoms. The SMILES string of the molecule is CC(NC(=O)CCc1ccc(S(=O)(=O)N2CCCCC2)cc1)c1cccc(Cl)c1. The van der Waals surface area contributed by atoms with Gasteiger partial charge in [0.1, 0.15) is 0 Å². The van der Waals surface area contributed by atoms with Crippen molar-refractivity contribution in [3.63, 3.8) is 0 Å². The average molecular weight is 435 g/mol. The lowest BCUT2D eigenvalue weighted by atomic mass is 10.1. The molecule has 5 nitrogen and oxygen atoms in total. The van der Waals surface area contributed by atoms with Crippen LogP contribution >= 0.6 is 11.6 Å². The number of aryl methyl sites for hydroxylation is 1. The van der Waals surface area contributed by atoms with Crippen molar-refractivity contribution in [2.45, 2.75) is 50.0 Å². The Hall–Kier alpha value is -1.89. The lowest BCUT2D eigenvalue weighted by Gasteiger charge is -2.25. The van der Waals surface area contributed by atoms with Crippen LogP contribution in [0.1, 0.15) is 49.8 Å². The molecule has 2 aromatic rings. The van der Waals surface area contributed by atoms with Crippen LogP contribution in [0.15, 0.2) is 53.4 Å². The van der Waals surface area contributed by atoms with Gasteiger partial charge in [0.05, 0.1) is 10.9 Å². The number of benzene rings is 2. The van der Waals surface area contributed by atoms with E-state index in [0.29, 0.717) is 35.8 Å². The molecule has 1 amide bonds. The predicted molar refractivity (Wildman–Crippen MR) is 115 cm³/mol. The van der Waals surface area contributed by atoms with Gasteiger partial charge in [-0.3, -0.25) is 4.79 Å². The van der Waals surface area contributed by atoms with Gasteiger partial charge in [0, 0.05) is 24.5 Å². The van der Waals surface area contributed by atoms with E-state index >= 15 is 0 Å². The molecule has 0 bridgehead atoms. The molecule has 0 spiro atoms. The zero-order valence-corrected chi connectivity index (χ0v) is 18.2. The minimum Gasteiger partial charge on any atom is -0.350 e. The van der Waals surface area contributed by atoms with Crippen molar-refractivity contribution in [2.24, 2.45) is 0 Å². The summed E-state index contributed by atoms with van der Waals surface area (Å²) < 4.78 is 27.0. The fourth-order valence-corrected chi connectivity index (χ4v) is 5.23. The van der Waals surface area contributed by atoms with Gasteiger partial charge in [0.25, 0.3) is 0 Å².